The first-order valence-electron chi connectivity index (χ1n) is 11.1. The predicted octanol–water partition coefficient (Wildman–Crippen LogP) is 6.81. The lowest BCUT2D eigenvalue weighted by molar-refractivity contribution is 0.428. The molecule has 4 aromatic carbocycles. The third-order valence-electron chi connectivity index (χ3n) is 6.24. The maximum absolute atomic E-state index is 14.2. The van der Waals surface area contributed by atoms with Crippen molar-refractivity contribution in [3.63, 3.8) is 0 Å². The first-order chi connectivity index (χ1) is 17.1. The van der Waals surface area contributed by atoms with Gasteiger partial charge in [-0.2, -0.15) is 0 Å². The lowest BCUT2D eigenvalue weighted by atomic mass is 9.81. The summed E-state index contributed by atoms with van der Waals surface area (Å²) < 4.78 is 56.8. The first-order valence-corrected chi connectivity index (χ1v) is 11.1. The van der Waals surface area contributed by atoms with E-state index >= 15 is 0 Å². The van der Waals surface area contributed by atoms with E-state index in [-0.39, 0.29) is 12.8 Å². The Morgan fingerprint density at radius 1 is 0.417 bits per heavy atom. The summed E-state index contributed by atoms with van der Waals surface area (Å²) in [6.07, 6.45) is 0.480. The fourth-order valence-corrected chi connectivity index (χ4v) is 4.34. The van der Waals surface area contributed by atoms with E-state index in [1.54, 1.807) is 0 Å². The van der Waals surface area contributed by atoms with Crippen molar-refractivity contribution < 1.29 is 38.0 Å². The van der Waals surface area contributed by atoms with Crippen LogP contribution in [0.15, 0.2) is 72.8 Å². The SMILES string of the molecule is Oc1ccc(C(CCC(c2ccc(O)c(F)c2)c2ccc(O)c(F)c2)c2ccc(O)c(F)c2)cc1F. The average Bonchev–Trinajstić information content (AvgIpc) is 2.84. The molecule has 0 amide bonds. The highest BCUT2D eigenvalue weighted by molar-refractivity contribution is 5.41. The van der Waals surface area contributed by atoms with Gasteiger partial charge in [0.05, 0.1) is 0 Å². The Morgan fingerprint density at radius 3 is 0.833 bits per heavy atom. The first kappa shape index (κ1) is 24.9. The van der Waals surface area contributed by atoms with Gasteiger partial charge < -0.3 is 20.4 Å². The number of benzene rings is 4. The molecular weight excluding hydrogens is 476 g/mol. The third-order valence-corrected chi connectivity index (χ3v) is 6.24. The molecule has 0 spiro atoms. The average molecular weight is 498 g/mol. The zero-order chi connectivity index (χ0) is 26.0. The van der Waals surface area contributed by atoms with E-state index in [2.05, 4.69) is 0 Å². The van der Waals surface area contributed by atoms with Gasteiger partial charge in [0.15, 0.2) is 46.3 Å². The van der Waals surface area contributed by atoms with Crippen LogP contribution in [-0.4, -0.2) is 20.4 Å². The maximum atomic E-state index is 14.2. The molecule has 0 aromatic heterocycles. The van der Waals surface area contributed by atoms with E-state index in [9.17, 15) is 38.0 Å². The lowest BCUT2D eigenvalue weighted by Gasteiger charge is -2.24. The highest BCUT2D eigenvalue weighted by Crippen LogP contribution is 2.39. The molecule has 186 valence electrons. The second kappa shape index (κ2) is 10.2. The van der Waals surface area contributed by atoms with E-state index in [1.807, 2.05) is 0 Å². The molecule has 0 aliphatic rings. The van der Waals surface area contributed by atoms with Gasteiger partial charge >= 0.3 is 0 Å². The summed E-state index contributed by atoms with van der Waals surface area (Å²) in [4.78, 5) is 0. The Balaban J connectivity index is 1.76. The topological polar surface area (TPSA) is 80.9 Å². The molecule has 0 saturated heterocycles. The van der Waals surface area contributed by atoms with Crippen molar-refractivity contribution >= 4 is 0 Å². The van der Waals surface area contributed by atoms with E-state index in [1.165, 1.54) is 48.5 Å². The second-order valence-electron chi connectivity index (χ2n) is 8.53. The summed E-state index contributed by atoms with van der Waals surface area (Å²) in [6.45, 7) is 0. The van der Waals surface area contributed by atoms with Crippen LogP contribution in [0.2, 0.25) is 0 Å². The van der Waals surface area contributed by atoms with Crippen LogP contribution in [0.1, 0.15) is 46.9 Å². The molecule has 4 aromatic rings. The monoisotopic (exact) mass is 498 g/mol. The van der Waals surface area contributed by atoms with Crippen molar-refractivity contribution in [1.29, 1.82) is 0 Å². The fraction of sp³-hybridized carbons (Fsp3) is 0.143. The van der Waals surface area contributed by atoms with Gasteiger partial charge in [-0.15, -0.1) is 0 Å². The molecule has 0 bridgehead atoms. The lowest BCUT2D eigenvalue weighted by Crippen LogP contribution is -2.08. The summed E-state index contributed by atoms with van der Waals surface area (Å²) in [7, 11) is 0. The number of hydrogen-bond donors (Lipinski definition) is 4. The van der Waals surface area contributed by atoms with Gasteiger partial charge in [0.25, 0.3) is 0 Å². The molecule has 4 nitrogen and oxygen atoms in total. The van der Waals surface area contributed by atoms with Gasteiger partial charge in [-0.05, 0) is 83.6 Å². The van der Waals surface area contributed by atoms with E-state index < -0.39 is 58.1 Å². The molecule has 0 aliphatic heterocycles. The Labute approximate surface area is 204 Å². The van der Waals surface area contributed by atoms with Crippen LogP contribution in [0.25, 0.3) is 0 Å². The number of halogens is 4. The van der Waals surface area contributed by atoms with Gasteiger partial charge in [0.2, 0.25) is 0 Å². The van der Waals surface area contributed by atoms with Crippen LogP contribution in [0.3, 0.4) is 0 Å². The van der Waals surface area contributed by atoms with E-state index in [0.29, 0.717) is 22.3 Å². The zero-order valence-corrected chi connectivity index (χ0v) is 18.8. The molecule has 0 fully saturated rings. The summed E-state index contributed by atoms with van der Waals surface area (Å²) in [5.41, 5.74) is 1.68. The number of aromatic hydroxyl groups is 4. The molecule has 4 N–H and O–H groups in total. The van der Waals surface area contributed by atoms with Crippen LogP contribution in [0.5, 0.6) is 23.0 Å². The molecule has 4 rings (SSSR count). The minimum absolute atomic E-state index is 0.240. The third kappa shape index (κ3) is 5.22. The minimum Gasteiger partial charge on any atom is -0.505 e. The molecule has 36 heavy (non-hydrogen) atoms. The minimum atomic E-state index is -0.866. The van der Waals surface area contributed by atoms with Gasteiger partial charge in [-0.25, -0.2) is 17.6 Å². The molecule has 0 saturated carbocycles. The quantitative estimate of drug-likeness (QED) is 0.211. The maximum Gasteiger partial charge on any atom is 0.165 e. The fourth-order valence-electron chi connectivity index (χ4n) is 4.34. The number of hydrogen-bond acceptors (Lipinski definition) is 4. The molecule has 8 heteroatoms. The highest BCUT2D eigenvalue weighted by Gasteiger charge is 2.23. The highest BCUT2D eigenvalue weighted by atomic mass is 19.1. The number of rotatable bonds is 7. The largest absolute Gasteiger partial charge is 0.505 e. The Bertz CT molecular complexity index is 1200. The summed E-state index contributed by atoms with van der Waals surface area (Å²) >= 11 is 0. The molecular formula is C28H22F4O4. The molecule has 0 aliphatic carbocycles. The molecule has 0 unspecified atom stereocenters. The van der Waals surface area contributed by atoms with Gasteiger partial charge in [0, 0.05) is 11.8 Å². The molecule has 0 atom stereocenters. The Kier molecular flexibility index (Phi) is 7.05. The van der Waals surface area contributed by atoms with Crippen LogP contribution in [0.4, 0.5) is 17.6 Å². The van der Waals surface area contributed by atoms with Gasteiger partial charge in [0.1, 0.15) is 0 Å². The van der Waals surface area contributed by atoms with Crippen LogP contribution in [0, 0.1) is 23.3 Å². The Morgan fingerprint density at radius 2 is 0.639 bits per heavy atom. The standard InChI is InChI=1S/C28H22F4O4/c29-21-11-15(1-7-25(21)33)19(16-2-8-26(34)22(30)12-16)5-6-20(17-3-9-27(35)23(31)13-17)18-4-10-28(36)24(32)14-18/h1-4,7-14,19-20,33-36H,5-6H2. The van der Waals surface area contributed by atoms with Crippen LogP contribution < -0.4 is 0 Å². The summed E-state index contributed by atoms with van der Waals surface area (Å²) in [6, 6.07) is 15.2. The Hall–Kier alpha value is -4.20. The van der Waals surface area contributed by atoms with Crippen molar-refractivity contribution in [2.75, 3.05) is 0 Å². The van der Waals surface area contributed by atoms with Crippen LogP contribution >= 0.6 is 0 Å². The normalized spacial score (nSPS) is 11.4. The van der Waals surface area contributed by atoms with Crippen molar-refractivity contribution in [2.45, 2.75) is 24.7 Å². The van der Waals surface area contributed by atoms with E-state index in [0.717, 1.165) is 24.3 Å². The summed E-state index contributed by atoms with van der Waals surface area (Å²) in [5.74, 6) is -6.88. The van der Waals surface area contributed by atoms with Crippen molar-refractivity contribution in [3.05, 3.63) is 118 Å². The van der Waals surface area contributed by atoms with Crippen molar-refractivity contribution in [3.8, 4) is 23.0 Å². The number of phenols is 4. The van der Waals surface area contributed by atoms with Gasteiger partial charge in [-0.3, -0.25) is 0 Å². The van der Waals surface area contributed by atoms with Crippen molar-refractivity contribution in [2.24, 2.45) is 0 Å². The predicted molar refractivity (Wildman–Crippen MR) is 125 cm³/mol. The summed E-state index contributed by atoms with van der Waals surface area (Å²) in [5, 5.41) is 38.4. The molecule has 0 radical (unpaired) electrons. The van der Waals surface area contributed by atoms with Gasteiger partial charge in [-0.1, -0.05) is 24.3 Å². The number of phenolic OH excluding ortho intramolecular Hbond substituents is 4. The van der Waals surface area contributed by atoms with Crippen molar-refractivity contribution in [1.82, 2.24) is 0 Å². The molecule has 0 heterocycles. The van der Waals surface area contributed by atoms with E-state index in [4.69, 9.17) is 0 Å². The second-order valence-corrected chi connectivity index (χ2v) is 8.53. The smallest absolute Gasteiger partial charge is 0.165 e. The zero-order valence-electron chi connectivity index (χ0n) is 18.8. The van der Waals surface area contributed by atoms with Crippen LogP contribution in [-0.2, 0) is 0 Å².